The quantitative estimate of drug-likeness (QED) is 0.743. The Balaban J connectivity index is 1.80. The van der Waals surface area contributed by atoms with Crippen molar-refractivity contribution in [3.63, 3.8) is 0 Å². The topological polar surface area (TPSA) is 88.4 Å². The fourth-order valence-electron chi connectivity index (χ4n) is 2.27. The van der Waals surface area contributed by atoms with Crippen LogP contribution in [0, 0.1) is 0 Å². The van der Waals surface area contributed by atoms with Crippen molar-refractivity contribution in [1.82, 2.24) is 19.7 Å². The van der Waals surface area contributed by atoms with Crippen molar-refractivity contribution in [2.75, 3.05) is 13.2 Å². The van der Waals surface area contributed by atoms with Crippen LogP contribution in [0.5, 0.6) is 0 Å². The van der Waals surface area contributed by atoms with E-state index in [0.29, 0.717) is 18.8 Å². The van der Waals surface area contributed by atoms with E-state index in [4.69, 9.17) is 14.2 Å². The molecular weight excluding hydrogens is 288 g/mol. The number of nitrogens with zero attached hydrogens (tertiary/aromatic N) is 4. The molecule has 1 saturated heterocycles. The van der Waals surface area contributed by atoms with Crippen LogP contribution in [0.4, 0.5) is 0 Å². The molecule has 0 unspecified atom stereocenters. The highest BCUT2D eigenvalue weighted by molar-refractivity contribution is 5.65. The summed E-state index contributed by atoms with van der Waals surface area (Å²) in [6.07, 6.45) is 4.34. The average molecular weight is 304 g/mol. The lowest BCUT2D eigenvalue weighted by Crippen LogP contribution is -2.35. The molecule has 8 nitrogen and oxygen atoms in total. The van der Waals surface area contributed by atoms with Gasteiger partial charge in [0.15, 0.2) is 0 Å². The Morgan fingerprint density at radius 1 is 1.55 bits per heavy atom. The summed E-state index contributed by atoms with van der Waals surface area (Å²) in [5.41, 5.74) is 0.635. The lowest BCUT2D eigenvalue weighted by Gasteiger charge is -2.27. The van der Waals surface area contributed by atoms with E-state index in [2.05, 4.69) is 15.1 Å². The first-order chi connectivity index (χ1) is 10.7. The minimum atomic E-state index is -1.07. The van der Waals surface area contributed by atoms with Gasteiger partial charge in [-0.05, 0) is 12.1 Å². The minimum absolute atomic E-state index is 0.140. The van der Waals surface area contributed by atoms with Crippen molar-refractivity contribution in [2.45, 2.75) is 25.4 Å². The molecule has 1 aliphatic rings. The summed E-state index contributed by atoms with van der Waals surface area (Å²) in [6.45, 7) is 2.11. The van der Waals surface area contributed by atoms with Crippen LogP contribution in [-0.4, -0.2) is 45.0 Å². The normalized spacial score (nSPS) is 24.3. The van der Waals surface area contributed by atoms with E-state index in [1.165, 1.54) is 13.3 Å². The third-order valence-corrected chi connectivity index (χ3v) is 3.22. The molecule has 22 heavy (non-hydrogen) atoms. The fourth-order valence-corrected chi connectivity index (χ4v) is 2.27. The first kappa shape index (κ1) is 14.6. The maximum atomic E-state index is 10.9. The van der Waals surface area contributed by atoms with Gasteiger partial charge in [-0.1, -0.05) is 6.07 Å². The first-order valence-electron chi connectivity index (χ1n) is 6.87. The third-order valence-electron chi connectivity index (χ3n) is 3.22. The van der Waals surface area contributed by atoms with Gasteiger partial charge in [0.1, 0.15) is 37.6 Å². The largest absolute Gasteiger partial charge is 0.463 e. The zero-order valence-electron chi connectivity index (χ0n) is 12.1. The number of rotatable bonds is 5. The molecule has 1 aliphatic heterocycles. The maximum Gasteiger partial charge on any atom is 0.302 e. The van der Waals surface area contributed by atoms with Gasteiger partial charge < -0.3 is 14.2 Å². The number of esters is 1. The highest BCUT2D eigenvalue weighted by Crippen LogP contribution is 2.34. The summed E-state index contributed by atoms with van der Waals surface area (Å²) in [5, 5.41) is 4.08. The number of ether oxygens (including phenoxy) is 3. The molecule has 2 aromatic rings. The van der Waals surface area contributed by atoms with Crippen molar-refractivity contribution >= 4 is 5.97 Å². The van der Waals surface area contributed by atoms with Gasteiger partial charge in [0.25, 0.3) is 0 Å². The van der Waals surface area contributed by atoms with Crippen LogP contribution in [0.1, 0.15) is 12.6 Å². The summed E-state index contributed by atoms with van der Waals surface area (Å²) in [7, 11) is 0. The van der Waals surface area contributed by atoms with Gasteiger partial charge in [0.05, 0.1) is 6.61 Å². The number of pyridine rings is 1. The Hall–Kier alpha value is -2.32. The molecule has 3 heterocycles. The Morgan fingerprint density at radius 3 is 3.14 bits per heavy atom. The Bertz CT molecular complexity index is 619. The molecule has 2 aromatic heterocycles. The fraction of sp³-hybridized carbons (Fsp3) is 0.429. The molecule has 8 heteroatoms. The van der Waals surface area contributed by atoms with Crippen molar-refractivity contribution in [2.24, 2.45) is 0 Å². The highest BCUT2D eigenvalue weighted by atomic mass is 16.8. The summed E-state index contributed by atoms with van der Waals surface area (Å²) < 4.78 is 18.5. The van der Waals surface area contributed by atoms with Crippen molar-refractivity contribution in [3.8, 4) is 0 Å². The molecule has 2 atom stereocenters. The van der Waals surface area contributed by atoms with Crippen LogP contribution in [-0.2, 0) is 31.3 Å². The van der Waals surface area contributed by atoms with Gasteiger partial charge in [0, 0.05) is 13.1 Å². The van der Waals surface area contributed by atoms with Gasteiger partial charge >= 0.3 is 5.97 Å². The molecule has 0 aliphatic carbocycles. The predicted octanol–water partition coefficient (Wildman–Crippen LogP) is 0.505. The highest BCUT2D eigenvalue weighted by Gasteiger charge is 2.45. The van der Waals surface area contributed by atoms with Gasteiger partial charge in [-0.3, -0.25) is 9.78 Å². The summed E-state index contributed by atoms with van der Waals surface area (Å²) in [4.78, 5) is 19.2. The van der Waals surface area contributed by atoms with Crippen molar-refractivity contribution in [1.29, 1.82) is 0 Å². The molecule has 0 spiro atoms. The van der Waals surface area contributed by atoms with Crippen LogP contribution < -0.4 is 0 Å². The molecule has 0 aromatic carbocycles. The Labute approximate surface area is 127 Å². The lowest BCUT2D eigenvalue weighted by molar-refractivity contribution is -0.196. The zero-order valence-corrected chi connectivity index (χ0v) is 12.1. The molecule has 0 saturated carbocycles. The van der Waals surface area contributed by atoms with E-state index in [9.17, 15) is 4.79 Å². The molecular formula is C14H16N4O4. The molecule has 116 valence electrons. The molecule has 1 fully saturated rings. The second-order valence-corrected chi connectivity index (χ2v) is 4.91. The van der Waals surface area contributed by atoms with Gasteiger partial charge in [0.2, 0.25) is 5.79 Å². The number of aromatic nitrogens is 4. The summed E-state index contributed by atoms with van der Waals surface area (Å²) in [6, 6.07) is 5.50. The number of carbonyl (C=O) groups is 1. The van der Waals surface area contributed by atoms with Crippen LogP contribution in [0.25, 0.3) is 0 Å². The van der Waals surface area contributed by atoms with E-state index in [1.54, 1.807) is 17.2 Å². The standard InChI is InChI=1S/C14H16N4O4/c1-11(19)20-6-12-7-21-14(22-12,8-18-10-15-9-17-18)13-4-2-3-5-16-13/h2-5,9-10,12H,6-8H2,1H3/t12-,14-/m1/s1. The maximum absolute atomic E-state index is 10.9. The van der Waals surface area contributed by atoms with E-state index in [0.717, 1.165) is 0 Å². The van der Waals surface area contributed by atoms with Crippen molar-refractivity contribution in [3.05, 3.63) is 42.7 Å². The molecule has 0 amide bonds. The first-order valence-corrected chi connectivity index (χ1v) is 6.87. The van der Waals surface area contributed by atoms with Crippen LogP contribution in [0.2, 0.25) is 0 Å². The molecule has 0 N–H and O–H groups in total. The van der Waals surface area contributed by atoms with E-state index < -0.39 is 5.79 Å². The predicted molar refractivity (Wildman–Crippen MR) is 73.4 cm³/mol. The summed E-state index contributed by atoms with van der Waals surface area (Å²) >= 11 is 0. The average Bonchev–Trinajstić information content (AvgIpc) is 3.17. The van der Waals surface area contributed by atoms with Gasteiger partial charge in [-0.2, -0.15) is 5.10 Å². The number of hydrogen-bond acceptors (Lipinski definition) is 7. The molecule has 3 rings (SSSR count). The SMILES string of the molecule is CC(=O)OC[C@@H]1CO[C@@](Cn2cncn2)(c2ccccn2)O1. The zero-order chi connectivity index (χ0) is 15.4. The number of hydrogen-bond donors (Lipinski definition) is 0. The summed E-state index contributed by atoms with van der Waals surface area (Å²) in [5.74, 6) is -1.42. The van der Waals surface area contributed by atoms with E-state index in [1.807, 2.05) is 18.2 Å². The molecule has 0 bridgehead atoms. The van der Waals surface area contributed by atoms with Crippen LogP contribution in [0.3, 0.4) is 0 Å². The smallest absolute Gasteiger partial charge is 0.302 e. The second kappa shape index (κ2) is 6.20. The lowest BCUT2D eigenvalue weighted by atomic mass is 10.1. The Kier molecular flexibility index (Phi) is 4.12. The van der Waals surface area contributed by atoms with Crippen LogP contribution >= 0.6 is 0 Å². The van der Waals surface area contributed by atoms with Gasteiger partial charge in [-0.15, -0.1) is 0 Å². The monoisotopic (exact) mass is 304 g/mol. The van der Waals surface area contributed by atoms with Crippen LogP contribution in [0.15, 0.2) is 37.1 Å². The number of carbonyl (C=O) groups excluding carboxylic acids is 1. The molecule has 0 radical (unpaired) electrons. The Morgan fingerprint density at radius 2 is 2.45 bits per heavy atom. The second-order valence-electron chi connectivity index (χ2n) is 4.91. The minimum Gasteiger partial charge on any atom is -0.463 e. The van der Waals surface area contributed by atoms with E-state index >= 15 is 0 Å². The van der Waals surface area contributed by atoms with Crippen molar-refractivity contribution < 1.29 is 19.0 Å². The van der Waals surface area contributed by atoms with Gasteiger partial charge in [-0.25, -0.2) is 9.67 Å². The third kappa shape index (κ3) is 3.12. The van der Waals surface area contributed by atoms with E-state index in [-0.39, 0.29) is 18.7 Å².